The summed E-state index contributed by atoms with van der Waals surface area (Å²) in [5, 5.41) is 3.44. The van der Waals surface area contributed by atoms with Crippen molar-refractivity contribution in [2.24, 2.45) is 11.7 Å². The summed E-state index contributed by atoms with van der Waals surface area (Å²) in [6.45, 7) is 5.36. The van der Waals surface area contributed by atoms with Crippen molar-refractivity contribution in [2.75, 3.05) is 6.54 Å². The van der Waals surface area contributed by atoms with Gasteiger partial charge in [-0.3, -0.25) is 0 Å². The Labute approximate surface area is 80.9 Å². The van der Waals surface area contributed by atoms with Crippen molar-refractivity contribution in [3.8, 4) is 0 Å². The maximum Gasteiger partial charge on any atom is 0.163 e. The van der Waals surface area contributed by atoms with E-state index >= 15 is 0 Å². The molecule has 0 aromatic carbocycles. The van der Waals surface area contributed by atoms with Gasteiger partial charge in [0.1, 0.15) is 0 Å². The van der Waals surface area contributed by atoms with Crippen LogP contribution in [0.4, 0.5) is 0 Å². The molecule has 0 rings (SSSR count). The molecule has 0 aliphatic heterocycles. The highest BCUT2D eigenvalue weighted by Gasteiger charge is 2.04. The van der Waals surface area contributed by atoms with Crippen LogP contribution in [0.2, 0.25) is 0 Å². The van der Waals surface area contributed by atoms with Gasteiger partial charge < -0.3 is 11.1 Å². The second-order valence-corrected chi connectivity index (χ2v) is 3.60. The summed E-state index contributed by atoms with van der Waals surface area (Å²) in [7, 11) is 0. The Bertz CT molecular complexity index is 126. The predicted molar refractivity (Wildman–Crippen MR) is 58.1 cm³/mol. The lowest BCUT2D eigenvalue weighted by molar-refractivity contribution is 0.446. The number of unbranched alkanes of at least 4 members (excludes halogenated alkanes) is 1. The van der Waals surface area contributed by atoms with Gasteiger partial charge in [-0.05, 0) is 24.6 Å². The lowest BCUT2D eigenvalue weighted by Crippen LogP contribution is -2.33. The zero-order valence-electron chi connectivity index (χ0n) is 8.10. The molecule has 72 valence electrons. The third-order valence-electron chi connectivity index (χ3n) is 2.11. The van der Waals surface area contributed by atoms with Crippen LogP contribution >= 0.6 is 12.2 Å². The highest BCUT2D eigenvalue weighted by molar-refractivity contribution is 7.80. The van der Waals surface area contributed by atoms with E-state index in [0.29, 0.717) is 5.11 Å². The fourth-order valence-corrected chi connectivity index (χ4v) is 1.27. The molecule has 0 aromatic heterocycles. The minimum Gasteiger partial charge on any atom is -0.376 e. The number of hydrogen-bond donors (Lipinski definition) is 2. The van der Waals surface area contributed by atoms with Gasteiger partial charge in [-0.25, -0.2) is 0 Å². The standard InChI is InChI=1S/C9H20N2S/c1-3-5-6-8(4-2)7-11-9(10)12/h8H,3-7H2,1-2H3,(H3,10,11,12). The van der Waals surface area contributed by atoms with Crippen LogP contribution in [0.5, 0.6) is 0 Å². The van der Waals surface area contributed by atoms with E-state index in [0.717, 1.165) is 12.5 Å². The molecule has 0 radical (unpaired) electrons. The molecule has 0 amide bonds. The molecule has 0 saturated carbocycles. The quantitative estimate of drug-likeness (QED) is 0.626. The Morgan fingerprint density at radius 1 is 1.50 bits per heavy atom. The Kier molecular flexibility index (Phi) is 7.16. The van der Waals surface area contributed by atoms with Crippen molar-refractivity contribution in [2.45, 2.75) is 39.5 Å². The SMILES string of the molecule is CCCCC(CC)CNC(N)=S. The molecule has 3 N–H and O–H groups in total. The molecular weight excluding hydrogens is 168 g/mol. The van der Waals surface area contributed by atoms with Gasteiger partial charge in [-0.1, -0.05) is 33.1 Å². The highest BCUT2D eigenvalue weighted by Crippen LogP contribution is 2.10. The maximum absolute atomic E-state index is 5.34. The molecule has 0 spiro atoms. The van der Waals surface area contributed by atoms with Crippen molar-refractivity contribution in [3.63, 3.8) is 0 Å². The van der Waals surface area contributed by atoms with Crippen LogP contribution in [0, 0.1) is 5.92 Å². The summed E-state index contributed by atoms with van der Waals surface area (Å²) >= 11 is 4.74. The van der Waals surface area contributed by atoms with Crippen LogP contribution in [-0.2, 0) is 0 Å². The first-order valence-corrected chi connectivity index (χ1v) is 5.14. The van der Waals surface area contributed by atoms with Crippen molar-refractivity contribution >= 4 is 17.3 Å². The zero-order valence-corrected chi connectivity index (χ0v) is 8.91. The van der Waals surface area contributed by atoms with E-state index < -0.39 is 0 Å². The zero-order chi connectivity index (χ0) is 9.40. The fraction of sp³-hybridized carbons (Fsp3) is 0.889. The van der Waals surface area contributed by atoms with Gasteiger partial charge in [0.15, 0.2) is 5.11 Å². The summed E-state index contributed by atoms with van der Waals surface area (Å²) in [4.78, 5) is 0. The molecule has 0 heterocycles. The predicted octanol–water partition coefficient (Wildman–Crippen LogP) is 2.04. The van der Waals surface area contributed by atoms with Crippen LogP contribution in [-0.4, -0.2) is 11.7 Å². The summed E-state index contributed by atoms with van der Waals surface area (Å²) in [5.41, 5.74) is 5.34. The van der Waals surface area contributed by atoms with Gasteiger partial charge in [0.2, 0.25) is 0 Å². The monoisotopic (exact) mass is 188 g/mol. The molecule has 3 heteroatoms. The average molecular weight is 188 g/mol. The normalized spacial score (nSPS) is 12.5. The Balaban J connectivity index is 3.45. The van der Waals surface area contributed by atoms with Crippen LogP contribution in [0.1, 0.15) is 39.5 Å². The smallest absolute Gasteiger partial charge is 0.163 e. The molecule has 0 bridgehead atoms. The highest BCUT2D eigenvalue weighted by atomic mass is 32.1. The molecule has 2 nitrogen and oxygen atoms in total. The van der Waals surface area contributed by atoms with E-state index in [1.54, 1.807) is 0 Å². The fourth-order valence-electron chi connectivity index (χ4n) is 1.19. The van der Waals surface area contributed by atoms with E-state index in [-0.39, 0.29) is 0 Å². The number of hydrogen-bond acceptors (Lipinski definition) is 1. The number of nitrogens with two attached hydrogens (primary N) is 1. The lowest BCUT2D eigenvalue weighted by atomic mass is 10.00. The minimum atomic E-state index is 0.421. The second-order valence-electron chi connectivity index (χ2n) is 3.16. The molecule has 0 fully saturated rings. The van der Waals surface area contributed by atoms with Gasteiger partial charge >= 0.3 is 0 Å². The van der Waals surface area contributed by atoms with Crippen molar-refractivity contribution < 1.29 is 0 Å². The summed E-state index contributed by atoms with van der Waals surface area (Å²) < 4.78 is 0. The maximum atomic E-state index is 5.34. The number of rotatable bonds is 6. The van der Waals surface area contributed by atoms with Gasteiger partial charge in [-0.2, -0.15) is 0 Å². The average Bonchev–Trinajstić information content (AvgIpc) is 2.05. The lowest BCUT2D eigenvalue weighted by Gasteiger charge is -2.14. The number of thiocarbonyl (C=S) groups is 1. The van der Waals surface area contributed by atoms with Crippen LogP contribution in [0.15, 0.2) is 0 Å². The third-order valence-corrected chi connectivity index (χ3v) is 2.25. The van der Waals surface area contributed by atoms with E-state index in [9.17, 15) is 0 Å². The molecule has 1 atom stereocenters. The summed E-state index contributed by atoms with van der Waals surface area (Å²) in [6.07, 6.45) is 5.05. The topological polar surface area (TPSA) is 38.0 Å². The van der Waals surface area contributed by atoms with E-state index in [1.807, 2.05) is 0 Å². The first-order valence-electron chi connectivity index (χ1n) is 4.74. The first kappa shape index (κ1) is 11.7. The Hall–Kier alpha value is -0.310. The molecule has 1 unspecified atom stereocenters. The Morgan fingerprint density at radius 3 is 2.58 bits per heavy atom. The molecule has 0 aromatic rings. The van der Waals surface area contributed by atoms with Crippen LogP contribution in [0.3, 0.4) is 0 Å². The third kappa shape index (κ3) is 6.40. The van der Waals surface area contributed by atoms with Crippen LogP contribution < -0.4 is 11.1 Å². The van der Waals surface area contributed by atoms with Gasteiger partial charge in [0.05, 0.1) is 0 Å². The van der Waals surface area contributed by atoms with Gasteiger partial charge in [0.25, 0.3) is 0 Å². The van der Waals surface area contributed by atoms with Gasteiger partial charge in [0, 0.05) is 6.54 Å². The first-order chi connectivity index (χ1) is 5.70. The van der Waals surface area contributed by atoms with E-state index in [4.69, 9.17) is 18.0 Å². The largest absolute Gasteiger partial charge is 0.376 e. The molecule has 0 aliphatic rings. The van der Waals surface area contributed by atoms with Crippen molar-refractivity contribution in [1.82, 2.24) is 5.32 Å². The summed E-state index contributed by atoms with van der Waals surface area (Å²) in [5.74, 6) is 0.728. The van der Waals surface area contributed by atoms with E-state index in [2.05, 4.69) is 19.2 Å². The van der Waals surface area contributed by atoms with Crippen molar-refractivity contribution in [1.29, 1.82) is 0 Å². The summed E-state index contributed by atoms with van der Waals surface area (Å²) in [6, 6.07) is 0. The van der Waals surface area contributed by atoms with Crippen molar-refractivity contribution in [3.05, 3.63) is 0 Å². The Morgan fingerprint density at radius 2 is 2.17 bits per heavy atom. The molecule has 12 heavy (non-hydrogen) atoms. The van der Waals surface area contributed by atoms with Gasteiger partial charge in [-0.15, -0.1) is 0 Å². The van der Waals surface area contributed by atoms with Crippen LogP contribution in [0.25, 0.3) is 0 Å². The second kappa shape index (κ2) is 7.35. The van der Waals surface area contributed by atoms with E-state index in [1.165, 1.54) is 25.7 Å². The minimum absolute atomic E-state index is 0.421. The molecular formula is C9H20N2S. The molecule has 0 saturated heterocycles. The number of nitrogens with one attached hydrogen (secondary N) is 1. The molecule has 0 aliphatic carbocycles.